The molecule has 0 fully saturated rings. The molecule has 2 aromatic carbocycles. The van der Waals surface area contributed by atoms with Crippen molar-refractivity contribution in [2.24, 2.45) is 0 Å². The fourth-order valence-corrected chi connectivity index (χ4v) is 5.18. The van der Waals surface area contributed by atoms with Crippen LogP contribution in [0.5, 0.6) is 0 Å². The second kappa shape index (κ2) is 10.7. The summed E-state index contributed by atoms with van der Waals surface area (Å²) in [6.45, 7) is 3.60. The number of H-pyrrole nitrogens is 2. The first-order chi connectivity index (χ1) is 19.8. The maximum atomic E-state index is 14.6. The SMILES string of the molecule is CCNCc1c#ccc(-c2ccc3[nH]nc(-c4cc5c(-c6cc(F)cc(CNS(C)(=O)=O)c6)cncc5[nH]4)c3n2)c1. The Morgan fingerprint density at radius 3 is 2.73 bits per heavy atom. The summed E-state index contributed by atoms with van der Waals surface area (Å²) >= 11 is 0. The summed E-state index contributed by atoms with van der Waals surface area (Å²) in [6.07, 6.45) is 4.42. The molecule has 0 spiro atoms. The Hall–Kier alpha value is -4.63. The molecule has 6 rings (SSSR count). The Labute approximate surface area is 236 Å². The van der Waals surface area contributed by atoms with Crippen molar-refractivity contribution in [3.8, 4) is 33.8 Å². The van der Waals surface area contributed by atoms with Crippen molar-refractivity contribution < 1.29 is 12.8 Å². The summed E-state index contributed by atoms with van der Waals surface area (Å²) in [5.74, 6) is -0.472. The van der Waals surface area contributed by atoms with Gasteiger partial charge in [-0.1, -0.05) is 19.1 Å². The minimum absolute atomic E-state index is 0.0214. The van der Waals surface area contributed by atoms with E-state index in [2.05, 4.69) is 49.3 Å². The highest BCUT2D eigenvalue weighted by Gasteiger charge is 2.17. The Bertz CT molecular complexity index is 2000. The predicted octanol–water partition coefficient (Wildman–Crippen LogP) is 4.73. The Kier molecular flexibility index (Phi) is 6.96. The first-order valence-electron chi connectivity index (χ1n) is 13.0. The molecule has 0 unspecified atom stereocenters. The van der Waals surface area contributed by atoms with E-state index >= 15 is 0 Å². The molecule has 11 heteroatoms. The van der Waals surface area contributed by atoms with Crippen LogP contribution in [0.1, 0.15) is 18.1 Å². The van der Waals surface area contributed by atoms with E-state index in [0.29, 0.717) is 34.4 Å². The second-order valence-corrected chi connectivity index (χ2v) is 11.6. The van der Waals surface area contributed by atoms with Gasteiger partial charge in [0.1, 0.15) is 17.0 Å². The van der Waals surface area contributed by atoms with Crippen LogP contribution in [-0.2, 0) is 23.1 Å². The number of nitrogens with zero attached hydrogens (tertiary/aromatic N) is 3. The zero-order chi connectivity index (χ0) is 28.6. The number of sulfonamides is 1. The predicted molar refractivity (Wildman–Crippen MR) is 157 cm³/mol. The zero-order valence-electron chi connectivity index (χ0n) is 22.3. The fraction of sp³-hybridized carbons (Fsp3) is 0.167. The first-order valence-corrected chi connectivity index (χ1v) is 14.9. The molecule has 41 heavy (non-hydrogen) atoms. The molecule has 4 N–H and O–H groups in total. The van der Waals surface area contributed by atoms with Crippen LogP contribution < -0.4 is 10.0 Å². The summed E-state index contributed by atoms with van der Waals surface area (Å²) in [6, 6.07) is 20.4. The standard InChI is InChI=1S/C30H26FN7O2S/c1-3-32-14-18-5-4-6-20(9-18)25-7-8-26-29(36-25)30(38-37-26)27-13-23-24(16-33-17-28(23)35-27)21-10-19(11-22(31)12-21)15-34-41(2,39)40/h6-13,16-17,32,34-35H,3,14-15H2,1-2H3,(H,37,38). The van der Waals surface area contributed by atoms with Gasteiger partial charge < -0.3 is 10.3 Å². The molecule has 9 nitrogen and oxygen atoms in total. The van der Waals surface area contributed by atoms with Gasteiger partial charge in [0.15, 0.2) is 0 Å². The minimum Gasteiger partial charge on any atom is -0.352 e. The lowest BCUT2D eigenvalue weighted by Crippen LogP contribution is -2.21. The molecular formula is C30H26FN7O2S. The van der Waals surface area contributed by atoms with Crippen LogP contribution in [0.3, 0.4) is 0 Å². The third kappa shape index (κ3) is 5.67. The summed E-state index contributed by atoms with van der Waals surface area (Å²) in [5, 5.41) is 11.7. The molecule has 206 valence electrons. The molecule has 6 aromatic rings. The number of hydrogen-bond donors (Lipinski definition) is 4. The van der Waals surface area contributed by atoms with E-state index < -0.39 is 15.8 Å². The average molecular weight is 568 g/mol. The zero-order valence-corrected chi connectivity index (χ0v) is 23.2. The van der Waals surface area contributed by atoms with Crippen molar-refractivity contribution in [2.75, 3.05) is 12.8 Å². The Morgan fingerprint density at radius 1 is 1.02 bits per heavy atom. The molecule has 0 aliphatic carbocycles. The fourth-order valence-electron chi connectivity index (χ4n) is 4.75. The number of aromatic amines is 2. The van der Waals surface area contributed by atoms with Crippen LogP contribution in [0.4, 0.5) is 4.39 Å². The Morgan fingerprint density at radius 2 is 1.90 bits per heavy atom. The highest BCUT2D eigenvalue weighted by atomic mass is 32.2. The van der Waals surface area contributed by atoms with Crippen molar-refractivity contribution in [2.45, 2.75) is 20.0 Å². The van der Waals surface area contributed by atoms with Gasteiger partial charge in [-0.15, -0.1) is 0 Å². The third-order valence-corrected chi connectivity index (χ3v) is 7.34. The number of aromatic nitrogens is 5. The van der Waals surface area contributed by atoms with Crippen molar-refractivity contribution in [3.05, 3.63) is 90.0 Å². The van der Waals surface area contributed by atoms with Gasteiger partial charge in [-0.05, 0) is 66.2 Å². The lowest BCUT2D eigenvalue weighted by atomic mass is 10.0. The molecule has 0 saturated heterocycles. The lowest BCUT2D eigenvalue weighted by molar-refractivity contribution is 0.586. The maximum Gasteiger partial charge on any atom is 0.209 e. The van der Waals surface area contributed by atoms with E-state index in [1.54, 1.807) is 18.5 Å². The van der Waals surface area contributed by atoms with E-state index in [1.165, 1.54) is 12.1 Å². The van der Waals surface area contributed by atoms with E-state index in [1.807, 2.05) is 30.3 Å². The molecule has 0 atom stereocenters. The van der Waals surface area contributed by atoms with Gasteiger partial charge in [-0.3, -0.25) is 10.1 Å². The quantitative estimate of drug-likeness (QED) is 0.200. The van der Waals surface area contributed by atoms with Gasteiger partial charge in [0.05, 0.1) is 34.9 Å². The van der Waals surface area contributed by atoms with E-state index in [9.17, 15) is 12.8 Å². The molecule has 4 aromatic heterocycles. The lowest BCUT2D eigenvalue weighted by Gasteiger charge is -2.08. The molecule has 4 heterocycles. The van der Waals surface area contributed by atoms with Crippen molar-refractivity contribution in [3.63, 3.8) is 0 Å². The van der Waals surface area contributed by atoms with Crippen molar-refractivity contribution in [1.82, 2.24) is 35.2 Å². The summed E-state index contributed by atoms with van der Waals surface area (Å²) < 4.78 is 40.1. The van der Waals surface area contributed by atoms with Gasteiger partial charge in [-0.2, -0.15) is 5.10 Å². The van der Waals surface area contributed by atoms with Crippen LogP contribution >= 0.6 is 0 Å². The van der Waals surface area contributed by atoms with Crippen molar-refractivity contribution >= 4 is 32.0 Å². The van der Waals surface area contributed by atoms with Crippen LogP contribution in [0.25, 0.3) is 55.7 Å². The molecule has 0 aliphatic rings. The smallest absolute Gasteiger partial charge is 0.209 e. The monoisotopic (exact) mass is 567 g/mol. The third-order valence-electron chi connectivity index (χ3n) is 6.67. The Balaban J connectivity index is 1.39. The molecule has 0 saturated carbocycles. The van der Waals surface area contributed by atoms with Gasteiger partial charge in [-0.25, -0.2) is 22.5 Å². The van der Waals surface area contributed by atoms with Crippen LogP contribution in [0.15, 0.2) is 60.9 Å². The van der Waals surface area contributed by atoms with Crippen LogP contribution in [0, 0.1) is 17.9 Å². The maximum absolute atomic E-state index is 14.6. The molecule has 0 amide bonds. The van der Waals surface area contributed by atoms with Gasteiger partial charge in [0.2, 0.25) is 10.0 Å². The normalized spacial score (nSPS) is 11.8. The molecule has 0 radical (unpaired) electrons. The second-order valence-electron chi connectivity index (χ2n) is 9.76. The van der Waals surface area contributed by atoms with E-state index in [0.717, 1.165) is 51.7 Å². The van der Waals surface area contributed by atoms with E-state index in [-0.39, 0.29) is 6.54 Å². The minimum atomic E-state index is -3.43. The topological polar surface area (TPSA) is 128 Å². The van der Waals surface area contributed by atoms with Crippen LogP contribution in [-0.4, -0.2) is 46.4 Å². The molecule has 0 aliphatic heterocycles. The number of benzene rings is 1. The highest BCUT2D eigenvalue weighted by Crippen LogP contribution is 2.34. The average Bonchev–Trinajstić information content (AvgIpc) is 3.58. The summed E-state index contributed by atoms with van der Waals surface area (Å²) in [4.78, 5) is 12.7. The van der Waals surface area contributed by atoms with Crippen molar-refractivity contribution in [1.29, 1.82) is 0 Å². The number of halogens is 1. The van der Waals surface area contributed by atoms with Crippen LogP contribution in [0.2, 0.25) is 0 Å². The van der Waals surface area contributed by atoms with Gasteiger partial charge in [0, 0.05) is 41.4 Å². The van der Waals surface area contributed by atoms with Gasteiger partial charge >= 0.3 is 0 Å². The largest absolute Gasteiger partial charge is 0.352 e. The number of rotatable bonds is 9. The summed E-state index contributed by atoms with van der Waals surface area (Å²) in [5.41, 5.74) is 8.09. The highest BCUT2D eigenvalue weighted by molar-refractivity contribution is 7.88. The first kappa shape index (κ1) is 26.6. The number of pyridine rings is 2. The number of hydrogen-bond acceptors (Lipinski definition) is 6. The molecular weight excluding hydrogens is 541 g/mol. The summed E-state index contributed by atoms with van der Waals surface area (Å²) in [7, 11) is -3.43. The van der Waals surface area contributed by atoms with E-state index in [4.69, 9.17) is 4.98 Å². The number of fused-ring (bicyclic) bond motifs is 2. The van der Waals surface area contributed by atoms with Gasteiger partial charge in [0.25, 0.3) is 0 Å². The molecule has 0 bridgehead atoms. The number of nitrogens with one attached hydrogen (secondary N) is 4.